The van der Waals surface area contributed by atoms with Crippen molar-refractivity contribution in [2.75, 3.05) is 13.7 Å². The molecular formula is C10H14Cl2N2O. The average molecular weight is 249 g/mol. The largest absolute Gasteiger partial charge is 0.384 e. The molecule has 3 nitrogen and oxygen atoms in total. The van der Waals surface area contributed by atoms with Gasteiger partial charge in [-0.1, -0.05) is 37.0 Å². The summed E-state index contributed by atoms with van der Waals surface area (Å²) in [6, 6.07) is 0. The van der Waals surface area contributed by atoms with Crippen LogP contribution in [0.15, 0.2) is 0 Å². The lowest BCUT2D eigenvalue weighted by Gasteiger charge is -2.11. The highest BCUT2D eigenvalue weighted by Gasteiger charge is 2.14. The summed E-state index contributed by atoms with van der Waals surface area (Å²) in [4.78, 5) is 8.43. The van der Waals surface area contributed by atoms with Gasteiger partial charge in [0.2, 0.25) is 0 Å². The van der Waals surface area contributed by atoms with Crippen LogP contribution in [0.25, 0.3) is 0 Å². The fraction of sp³-hybridized carbons (Fsp3) is 0.600. The molecule has 1 atom stereocenters. The van der Waals surface area contributed by atoms with Gasteiger partial charge in [-0.3, -0.25) is 0 Å². The molecule has 84 valence electrons. The topological polar surface area (TPSA) is 35.0 Å². The Kier molecular flexibility index (Phi) is 4.77. The Hall–Kier alpha value is -0.380. The van der Waals surface area contributed by atoms with E-state index in [9.17, 15) is 0 Å². The molecule has 5 heteroatoms. The molecule has 0 N–H and O–H groups in total. The van der Waals surface area contributed by atoms with Gasteiger partial charge in [-0.25, -0.2) is 9.97 Å². The van der Waals surface area contributed by atoms with Crippen LogP contribution < -0.4 is 0 Å². The van der Waals surface area contributed by atoms with Gasteiger partial charge in [0.1, 0.15) is 16.1 Å². The van der Waals surface area contributed by atoms with Crippen molar-refractivity contribution in [3.63, 3.8) is 0 Å². The fourth-order valence-electron chi connectivity index (χ4n) is 1.28. The van der Waals surface area contributed by atoms with Crippen molar-refractivity contribution >= 4 is 23.2 Å². The zero-order valence-corrected chi connectivity index (χ0v) is 10.6. The molecule has 0 amide bonds. The first kappa shape index (κ1) is 12.7. The minimum atomic E-state index is 0.0934. The molecule has 1 heterocycles. The van der Waals surface area contributed by atoms with E-state index in [1.165, 1.54) is 0 Å². The maximum atomic E-state index is 6.00. The van der Waals surface area contributed by atoms with Crippen LogP contribution >= 0.6 is 23.2 Å². The predicted octanol–water partition coefficient (Wildman–Crippen LogP) is 3.10. The summed E-state index contributed by atoms with van der Waals surface area (Å²) in [7, 11) is 1.64. The number of ether oxygens (including phenoxy) is 1. The van der Waals surface area contributed by atoms with Gasteiger partial charge in [0.05, 0.1) is 6.61 Å². The van der Waals surface area contributed by atoms with E-state index in [4.69, 9.17) is 27.9 Å². The second-order valence-corrected chi connectivity index (χ2v) is 4.07. The number of aromatic nitrogens is 2. The van der Waals surface area contributed by atoms with Crippen molar-refractivity contribution in [3.8, 4) is 0 Å². The van der Waals surface area contributed by atoms with Gasteiger partial charge in [-0.2, -0.15) is 0 Å². The molecule has 1 aromatic heterocycles. The minimum absolute atomic E-state index is 0.0934. The lowest BCUT2D eigenvalue weighted by atomic mass is 10.2. The first-order valence-corrected chi connectivity index (χ1v) is 5.56. The van der Waals surface area contributed by atoms with Crippen LogP contribution in [0.4, 0.5) is 0 Å². The maximum Gasteiger partial charge on any atom is 0.137 e. The van der Waals surface area contributed by atoms with Gasteiger partial charge in [-0.05, 0) is 6.42 Å². The van der Waals surface area contributed by atoms with E-state index in [-0.39, 0.29) is 5.92 Å². The van der Waals surface area contributed by atoms with Crippen LogP contribution in [0.1, 0.15) is 31.2 Å². The van der Waals surface area contributed by atoms with Crippen molar-refractivity contribution < 1.29 is 4.74 Å². The number of halogens is 2. The SMILES string of the molecule is CCc1c(Cl)nc(C(C)COC)nc1Cl. The van der Waals surface area contributed by atoms with Crippen LogP contribution in [0, 0.1) is 0 Å². The summed E-state index contributed by atoms with van der Waals surface area (Å²) in [6.45, 7) is 4.49. The summed E-state index contributed by atoms with van der Waals surface area (Å²) >= 11 is 12.0. The Labute approximate surface area is 99.8 Å². The van der Waals surface area contributed by atoms with E-state index >= 15 is 0 Å². The molecule has 0 bridgehead atoms. The third-order valence-electron chi connectivity index (χ3n) is 2.13. The normalized spacial score (nSPS) is 12.9. The summed E-state index contributed by atoms with van der Waals surface area (Å²) in [5, 5.41) is 0.880. The standard InChI is InChI=1S/C10H14Cl2N2O/c1-4-7-8(11)13-10(14-9(7)12)6(2)5-15-3/h6H,4-5H2,1-3H3. The number of nitrogens with zero attached hydrogens (tertiary/aromatic N) is 2. The van der Waals surface area contributed by atoms with Crippen molar-refractivity contribution in [2.45, 2.75) is 26.2 Å². The van der Waals surface area contributed by atoms with E-state index in [2.05, 4.69) is 9.97 Å². The average Bonchev–Trinajstić information content (AvgIpc) is 2.17. The number of rotatable bonds is 4. The van der Waals surface area contributed by atoms with E-state index in [1.54, 1.807) is 7.11 Å². The van der Waals surface area contributed by atoms with Gasteiger partial charge >= 0.3 is 0 Å². The zero-order valence-electron chi connectivity index (χ0n) is 9.05. The predicted molar refractivity (Wildman–Crippen MR) is 61.7 cm³/mol. The molecule has 1 aromatic rings. The number of hydrogen-bond acceptors (Lipinski definition) is 3. The summed E-state index contributed by atoms with van der Waals surface area (Å²) < 4.78 is 5.03. The first-order valence-electron chi connectivity index (χ1n) is 4.80. The second kappa shape index (κ2) is 5.64. The van der Waals surface area contributed by atoms with E-state index in [0.29, 0.717) is 22.7 Å². The van der Waals surface area contributed by atoms with Crippen molar-refractivity contribution in [1.82, 2.24) is 9.97 Å². The molecule has 0 radical (unpaired) electrons. The van der Waals surface area contributed by atoms with Gasteiger partial charge in [0.25, 0.3) is 0 Å². The van der Waals surface area contributed by atoms with Crippen LogP contribution in [0.3, 0.4) is 0 Å². The van der Waals surface area contributed by atoms with Crippen LogP contribution in [0.2, 0.25) is 10.3 Å². The Morgan fingerprint density at radius 3 is 2.20 bits per heavy atom. The van der Waals surface area contributed by atoms with Gasteiger partial charge in [0.15, 0.2) is 0 Å². The van der Waals surface area contributed by atoms with E-state index in [0.717, 1.165) is 12.0 Å². The second-order valence-electron chi connectivity index (χ2n) is 3.35. The molecule has 0 aromatic carbocycles. The van der Waals surface area contributed by atoms with Crippen molar-refractivity contribution in [3.05, 3.63) is 21.7 Å². The molecule has 0 aliphatic carbocycles. The monoisotopic (exact) mass is 248 g/mol. The quantitative estimate of drug-likeness (QED) is 0.769. The van der Waals surface area contributed by atoms with Gasteiger partial charge < -0.3 is 4.74 Å². The van der Waals surface area contributed by atoms with Crippen LogP contribution in [-0.2, 0) is 11.2 Å². The molecular weight excluding hydrogens is 235 g/mol. The lowest BCUT2D eigenvalue weighted by Crippen LogP contribution is -2.08. The summed E-state index contributed by atoms with van der Waals surface area (Å²) in [5.74, 6) is 0.722. The molecule has 0 spiro atoms. The highest BCUT2D eigenvalue weighted by molar-refractivity contribution is 6.34. The lowest BCUT2D eigenvalue weighted by molar-refractivity contribution is 0.181. The molecule has 1 rings (SSSR count). The van der Waals surface area contributed by atoms with E-state index < -0.39 is 0 Å². The van der Waals surface area contributed by atoms with Crippen molar-refractivity contribution in [2.24, 2.45) is 0 Å². The maximum absolute atomic E-state index is 6.00. The molecule has 0 saturated heterocycles. The Bertz CT molecular complexity index is 321. The Morgan fingerprint density at radius 1 is 1.27 bits per heavy atom. The van der Waals surface area contributed by atoms with Crippen molar-refractivity contribution in [1.29, 1.82) is 0 Å². The summed E-state index contributed by atoms with van der Waals surface area (Å²) in [5.41, 5.74) is 0.798. The zero-order chi connectivity index (χ0) is 11.4. The van der Waals surface area contributed by atoms with Crippen LogP contribution in [-0.4, -0.2) is 23.7 Å². The Morgan fingerprint density at radius 2 is 1.80 bits per heavy atom. The summed E-state index contributed by atoms with van der Waals surface area (Å²) in [6.07, 6.45) is 0.733. The fourth-order valence-corrected chi connectivity index (χ4v) is 1.95. The third kappa shape index (κ3) is 3.03. The van der Waals surface area contributed by atoms with Gasteiger partial charge in [0, 0.05) is 18.6 Å². The molecule has 1 unspecified atom stereocenters. The third-order valence-corrected chi connectivity index (χ3v) is 2.76. The van der Waals surface area contributed by atoms with Crippen LogP contribution in [0.5, 0.6) is 0 Å². The molecule has 0 saturated carbocycles. The highest BCUT2D eigenvalue weighted by Crippen LogP contribution is 2.24. The molecule has 0 aliphatic rings. The minimum Gasteiger partial charge on any atom is -0.384 e. The highest BCUT2D eigenvalue weighted by atomic mass is 35.5. The number of hydrogen-bond donors (Lipinski definition) is 0. The Balaban J connectivity index is 3.02. The van der Waals surface area contributed by atoms with Gasteiger partial charge in [-0.15, -0.1) is 0 Å². The molecule has 0 aliphatic heterocycles. The molecule has 0 fully saturated rings. The number of methoxy groups -OCH3 is 1. The smallest absolute Gasteiger partial charge is 0.137 e. The first-order chi connectivity index (χ1) is 7.10. The molecule has 15 heavy (non-hydrogen) atoms. The van der Waals surface area contributed by atoms with E-state index in [1.807, 2.05) is 13.8 Å².